The van der Waals surface area contributed by atoms with Crippen molar-refractivity contribution in [3.8, 4) is 0 Å². The van der Waals surface area contributed by atoms with Crippen LogP contribution in [0.3, 0.4) is 0 Å². The third-order valence-electron chi connectivity index (χ3n) is 4.95. The molecule has 3 rings (SSSR count). The average molecular weight is 282 g/mol. The van der Waals surface area contributed by atoms with E-state index >= 15 is 0 Å². The molecule has 5 nitrogen and oxygen atoms in total. The van der Waals surface area contributed by atoms with Crippen LogP contribution in [0.5, 0.6) is 0 Å². The summed E-state index contributed by atoms with van der Waals surface area (Å²) in [5.74, 6) is -0.334. The van der Waals surface area contributed by atoms with E-state index in [0.29, 0.717) is 19.3 Å². The van der Waals surface area contributed by atoms with E-state index in [4.69, 9.17) is 9.47 Å². The number of rotatable bonds is 1. The van der Waals surface area contributed by atoms with Crippen molar-refractivity contribution in [3.05, 3.63) is 0 Å². The lowest BCUT2D eigenvalue weighted by Crippen LogP contribution is -2.52. The summed E-state index contributed by atoms with van der Waals surface area (Å²) in [7, 11) is 0. The largest absolute Gasteiger partial charge is 0.348 e. The Labute approximate surface area is 121 Å². The Balaban J connectivity index is 1.48. The predicted molar refractivity (Wildman–Crippen MR) is 75.4 cm³/mol. The molecule has 0 bridgehead atoms. The van der Waals surface area contributed by atoms with Crippen molar-refractivity contribution in [1.82, 2.24) is 10.2 Å². The topological polar surface area (TPSA) is 50.8 Å². The van der Waals surface area contributed by atoms with Gasteiger partial charge in [0.1, 0.15) is 0 Å². The molecule has 1 aliphatic carbocycles. The number of nitrogens with zero attached hydrogens (tertiary/aromatic N) is 1. The lowest BCUT2D eigenvalue weighted by molar-refractivity contribution is -0.179. The first-order valence-corrected chi connectivity index (χ1v) is 8.04. The van der Waals surface area contributed by atoms with Gasteiger partial charge in [-0.05, 0) is 39.0 Å². The summed E-state index contributed by atoms with van der Waals surface area (Å²) in [6, 6.07) is 0.765. The Bertz CT molecular complexity index is 345. The number of carbonyl (C=O) groups is 1. The molecule has 1 atom stereocenters. The van der Waals surface area contributed by atoms with Crippen LogP contribution in [0, 0.1) is 0 Å². The van der Waals surface area contributed by atoms with Gasteiger partial charge in [0.25, 0.3) is 0 Å². The molecular formula is C15H26N2O3. The van der Waals surface area contributed by atoms with Crippen LogP contribution >= 0.6 is 0 Å². The molecular weight excluding hydrogens is 256 g/mol. The number of piperidine rings is 1. The van der Waals surface area contributed by atoms with Gasteiger partial charge in [0.05, 0.1) is 13.2 Å². The quantitative estimate of drug-likeness (QED) is 0.802. The molecule has 2 saturated heterocycles. The standard InChI is InChI=1S/C15H26N2O3/c1-12-4-2-3-9-17(12)14(18)16-13-5-7-15(8-6-13)19-10-11-20-15/h12-13H,2-11H2,1H3,(H,16,18). The number of urea groups is 1. The van der Waals surface area contributed by atoms with Crippen molar-refractivity contribution in [3.63, 3.8) is 0 Å². The Morgan fingerprint density at radius 2 is 1.85 bits per heavy atom. The molecule has 5 heteroatoms. The summed E-state index contributed by atoms with van der Waals surface area (Å²) in [4.78, 5) is 14.3. The van der Waals surface area contributed by atoms with Crippen molar-refractivity contribution >= 4 is 6.03 Å². The van der Waals surface area contributed by atoms with E-state index in [1.165, 1.54) is 6.42 Å². The smallest absolute Gasteiger partial charge is 0.317 e. The second kappa shape index (κ2) is 5.90. The molecule has 1 unspecified atom stereocenters. The molecule has 2 aliphatic heterocycles. The van der Waals surface area contributed by atoms with Crippen LogP contribution < -0.4 is 5.32 Å². The van der Waals surface area contributed by atoms with Gasteiger partial charge < -0.3 is 19.7 Å². The maximum Gasteiger partial charge on any atom is 0.317 e. The molecule has 2 heterocycles. The monoisotopic (exact) mass is 282 g/mol. The van der Waals surface area contributed by atoms with E-state index in [1.807, 2.05) is 4.90 Å². The highest BCUT2D eigenvalue weighted by Gasteiger charge is 2.40. The average Bonchev–Trinajstić information content (AvgIpc) is 2.90. The van der Waals surface area contributed by atoms with Crippen LogP contribution in [-0.2, 0) is 9.47 Å². The first-order valence-electron chi connectivity index (χ1n) is 8.04. The highest BCUT2D eigenvalue weighted by Crippen LogP contribution is 2.35. The van der Waals surface area contributed by atoms with Gasteiger partial charge in [0, 0.05) is 31.5 Å². The van der Waals surface area contributed by atoms with Gasteiger partial charge >= 0.3 is 6.03 Å². The Kier molecular flexibility index (Phi) is 4.17. The van der Waals surface area contributed by atoms with Crippen LogP contribution in [0.25, 0.3) is 0 Å². The molecule has 114 valence electrons. The molecule has 0 aromatic rings. The second-order valence-corrected chi connectivity index (χ2v) is 6.37. The highest BCUT2D eigenvalue weighted by atomic mass is 16.7. The zero-order valence-electron chi connectivity index (χ0n) is 12.4. The summed E-state index contributed by atoms with van der Waals surface area (Å²) in [6.45, 7) is 4.47. The molecule has 20 heavy (non-hydrogen) atoms. The zero-order valence-corrected chi connectivity index (χ0v) is 12.4. The van der Waals surface area contributed by atoms with Crippen molar-refractivity contribution in [2.45, 2.75) is 69.7 Å². The third kappa shape index (κ3) is 2.93. The molecule has 3 aliphatic rings. The molecule has 1 spiro atoms. The van der Waals surface area contributed by atoms with E-state index in [2.05, 4.69) is 12.2 Å². The van der Waals surface area contributed by atoms with Gasteiger partial charge in [0.2, 0.25) is 0 Å². The van der Waals surface area contributed by atoms with Crippen LogP contribution in [0.2, 0.25) is 0 Å². The van der Waals surface area contributed by atoms with Crippen molar-refractivity contribution in [1.29, 1.82) is 0 Å². The van der Waals surface area contributed by atoms with Gasteiger partial charge in [-0.3, -0.25) is 0 Å². The first-order chi connectivity index (χ1) is 9.69. The van der Waals surface area contributed by atoms with E-state index < -0.39 is 0 Å². The second-order valence-electron chi connectivity index (χ2n) is 6.37. The SMILES string of the molecule is CC1CCCCN1C(=O)NC1CCC2(CC1)OCCO2. The summed E-state index contributed by atoms with van der Waals surface area (Å²) >= 11 is 0. The van der Waals surface area contributed by atoms with E-state index in [0.717, 1.165) is 45.1 Å². The number of amides is 2. The number of ether oxygens (including phenoxy) is 2. The van der Waals surface area contributed by atoms with Gasteiger partial charge in [-0.15, -0.1) is 0 Å². The summed E-state index contributed by atoms with van der Waals surface area (Å²) in [5, 5.41) is 3.20. The minimum atomic E-state index is -0.334. The summed E-state index contributed by atoms with van der Waals surface area (Å²) < 4.78 is 11.4. The van der Waals surface area contributed by atoms with Gasteiger partial charge in [0.15, 0.2) is 5.79 Å². The number of likely N-dealkylation sites (tertiary alicyclic amines) is 1. The Morgan fingerprint density at radius 1 is 1.15 bits per heavy atom. The fraction of sp³-hybridized carbons (Fsp3) is 0.933. The van der Waals surface area contributed by atoms with Gasteiger partial charge in [-0.2, -0.15) is 0 Å². The number of nitrogens with one attached hydrogen (secondary N) is 1. The van der Waals surface area contributed by atoms with E-state index in [-0.39, 0.29) is 17.9 Å². The van der Waals surface area contributed by atoms with Crippen LogP contribution in [0.1, 0.15) is 51.9 Å². The number of carbonyl (C=O) groups excluding carboxylic acids is 1. The Morgan fingerprint density at radius 3 is 2.50 bits per heavy atom. The third-order valence-corrected chi connectivity index (χ3v) is 4.95. The van der Waals surface area contributed by atoms with Crippen LogP contribution in [0.4, 0.5) is 4.79 Å². The molecule has 0 radical (unpaired) electrons. The predicted octanol–water partition coefficient (Wildman–Crippen LogP) is 2.26. The maximum absolute atomic E-state index is 12.3. The Hall–Kier alpha value is -0.810. The van der Waals surface area contributed by atoms with Crippen LogP contribution in [-0.4, -0.2) is 48.6 Å². The maximum atomic E-state index is 12.3. The van der Waals surface area contributed by atoms with Crippen LogP contribution in [0.15, 0.2) is 0 Å². The molecule has 1 N–H and O–H groups in total. The van der Waals surface area contributed by atoms with Crippen molar-refractivity contribution in [2.75, 3.05) is 19.8 Å². The molecule has 0 aromatic carbocycles. The van der Waals surface area contributed by atoms with E-state index in [1.54, 1.807) is 0 Å². The van der Waals surface area contributed by atoms with E-state index in [9.17, 15) is 4.79 Å². The highest BCUT2D eigenvalue weighted by molar-refractivity contribution is 5.75. The fourth-order valence-corrected chi connectivity index (χ4v) is 3.65. The van der Waals surface area contributed by atoms with Crippen molar-refractivity contribution in [2.24, 2.45) is 0 Å². The molecule has 1 saturated carbocycles. The van der Waals surface area contributed by atoms with Gasteiger partial charge in [-0.25, -0.2) is 4.79 Å². The molecule has 0 aromatic heterocycles. The molecule has 2 amide bonds. The summed E-state index contributed by atoms with van der Waals surface area (Å²) in [6.07, 6.45) is 7.20. The fourth-order valence-electron chi connectivity index (χ4n) is 3.65. The lowest BCUT2D eigenvalue weighted by atomic mass is 9.90. The minimum absolute atomic E-state index is 0.117. The minimum Gasteiger partial charge on any atom is -0.348 e. The summed E-state index contributed by atoms with van der Waals surface area (Å²) in [5.41, 5.74) is 0. The van der Waals surface area contributed by atoms with Gasteiger partial charge in [-0.1, -0.05) is 0 Å². The lowest BCUT2D eigenvalue weighted by Gasteiger charge is -2.38. The molecule has 3 fully saturated rings. The number of hydrogen-bond acceptors (Lipinski definition) is 3. The zero-order chi connectivity index (χ0) is 14.0. The number of hydrogen-bond donors (Lipinski definition) is 1. The first kappa shape index (κ1) is 14.1. The van der Waals surface area contributed by atoms with Crippen molar-refractivity contribution < 1.29 is 14.3 Å². The normalized spacial score (nSPS) is 30.6.